The molecule has 1 aliphatic carbocycles. The van der Waals surface area contributed by atoms with E-state index in [1.54, 1.807) is 6.26 Å². The van der Waals surface area contributed by atoms with Crippen LogP contribution in [0.15, 0.2) is 16.7 Å². The molecule has 1 fully saturated rings. The van der Waals surface area contributed by atoms with Gasteiger partial charge in [0.15, 0.2) is 0 Å². The number of aryl methyl sites for hydroxylation is 1. The molecule has 90 valence electrons. The minimum Gasteiger partial charge on any atom is -0.469 e. The van der Waals surface area contributed by atoms with E-state index in [1.807, 2.05) is 0 Å². The SMILES string of the molecule is CCc1occc1CN(C)CCNC1CC1. The van der Waals surface area contributed by atoms with Crippen LogP contribution in [0.3, 0.4) is 0 Å². The fourth-order valence-electron chi connectivity index (χ4n) is 1.94. The van der Waals surface area contributed by atoms with Crippen LogP contribution in [0.2, 0.25) is 0 Å². The summed E-state index contributed by atoms with van der Waals surface area (Å²) in [4.78, 5) is 2.35. The molecule has 2 rings (SSSR count). The van der Waals surface area contributed by atoms with Crippen molar-refractivity contribution in [2.24, 2.45) is 0 Å². The molecule has 0 spiro atoms. The standard InChI is InChI=1S/C13H22N2O/c1-3-13-11(6-9-16-13)10-15(2)8-7-14-12-4-5-12/h6,9,12,14H,3-5,7-8,10H2,1-2H3. The lowest BCUT2D eigenvalue weighted by Gasteiger charge is -2.16. The molecule has 0 aromatic carbocycles. The van der Waals surface area contributed by atoms with Gasteiger partial charge in [0, 0.05) is 37.7 Å². The van der Waals surface area contributed by atoms with Crippen LogP contribution in [0.1, 0.15) is 31.1 Å². The highest BCUT2D eigenvalue weighted by Crippen LogP contribution is 2.18. The molecule has 1 saturated carbocycles. The van der Waals surface area contributed by atoms with Crippen molar-refractivity contribution in [1.29, 1.82) is 0 Å². The first-order valence-electron chi connectivity index (χ1n) is 6.26. The molecule has 0 aliphatic heterocycles. The second kappa shape index (κ2) is 5.51. The third-order valence-electron chi connectivity index (χ3n) is 3.10. The van der Waals surface area contributed by atoms with E-state index in [0.717, 1.165) is 37.9 Å². The predicted octanol–water partition coefficient (Wildman–Crippen LogP) is 2.03. The molecule has 1 aromatic heterocycles. The van der Waals surface area contributed by atoms with Gasteiger partial charge in [0.1, 0.15) is 5.76 Å². The van der Waals surface area contributed by atoms with Gasteiger partial charge in [-0.15, -0.1) is 0 Å². The highest BCUT2D eigenvalue weighted by atomic mass is 16.3. The maximum atomic E-state index is 5.43. The van der Waals surface area contributed by atoms with Gasteiger partial charge in [0.2, 0.25) is 0 Å². The predicted molar refractivity (Wildman–Crippen MR) is 65.4 cm³/mol. The van der Waals surface area contributed by atoms with Gasteiger partial charge in [0.05, 0.1) is 6.26 Å². The molecule has 16 heavy (non-hydrogen) atoms. The van der Waals surface area contributed by atoms with Crippen molar-refractivity contribution in [3.63, 3.8) is 0 Å². The molecule has 0 atom stereocenters. The van der Waals surface area contributed by atoms with Crippen molar-refractivity contribution in [3.8, 4) is 0 Å². The van der Waals surface area contributed by atoms with E-state index in [1.165, 1.54) is 18.4 Å². The minimum atomic E-state index is 0.813. The maximum absolute atomic E-state index is 5.43. The van der Waals surface area contributed by atoms with Crippen molar-refractivity contribution in [2.75, 3.05) is 20.1 Å². The second-order valence-electron chi connectivity index (χ2n) is 4.69. The highest BCUT2D eigenvalue weighted by molar-refractivity contribution is 5.16. The van der Waals surface area contributed by atoms with Crippen LogP contribution in [-0.2, 0) is 13.0 Å². The Bertz CT molecular complexity index is 317. The summed E-state index contributed by atoms with van der Waals surface area (Å²) in [6.45, 7) is 5.33. The lowest BCUT2D eigenvalue weighted by atomic mass is 10.2. The van der Waals surface area contributed by atoms with Crippen LogP contribution in [0.5, 0.6) is 0 Å². The summed E-state index contributed by atoms with van der Waals surface area (Å²) in [6.07, 6.45) is 5.51. The number of hydrogen-bond donors (Lipinski definition) is 1. The van der Waals surface area contributed by atoms with Gasteiger partial charge < -0.3 is 14.6 Å². The summed E-state index contributed by atoms with van der Waals surface area (Å²) in [5.41, 5.74) is 1.33. The molecule has 0 unspecified atom stereocenters. The summed E-state index contributed by atoms with van der Waals surface area (Å²) in [5, 5.41) is 3.53. The Hall–Kier alpha value is -0.800. The molecule has 0 bridgehead atoms. The third-order valence-corrected chi connectivity index (χ3v) is 3.10. The summed E-state index contributed by atoms with van der Waals surface area (Å²) < 4.78 is 5.43. The number of furan rings is 1. The summed E-state index contributed by atoms with van der Waals surface area (Å²) >= 11 is 0. The minimum absolute atomic E-state index is 0.813. The van der Waals surface area contributed by atoms with Crippen molar-refractivity contribution in [1.82, 2.24) is 10.2 Å². The van der Waals surface area contributed by atoms with Gasteiger partial charge in [-0.05, 0) is 26.0 Å². The zero-order chi connectivity index (χ0) is 11.4. The fourth-order valence-corrected chi connectivity index (χ4v) is 1.94. The van der Waals surface area contributed by atoms with Crippen molar-refractivity contribution in [3.05, 3.63) is 23.7 Å². The molecule has 0 radical (unpaired) electrons. The molecular formula is C13H22N2O. The van der Waals surface area contributed by atoms with Gasteiger partial charge >= 0.3 is 0 Å². The van der Waals surface area contributed by atoms with E-state index < -0.39 is 0 Å². The van der Waals surface area contributed by atoms with Crippen LogP contribution in [0.4, 0.5) is 0 Å². The first-order chi connectivity index (χ1) is 7.79. The Morgan fingerprint density at radius 1 is 1.50 bits per heavy atom. The number of nitrogens with one attached hydrogen (secondary N) is 1. The largest absolute Gasteiger partial charge is 0.469 e. The Morgan fingerprint density at radius 2 is 2.31 bits per heavy atom. The molecule has 3 heteroatoms. The fraction of sp³-hybridized carbons (Fsp3) is 0.692. The maximum Gasteiger partial charge on any atom is 0.107 e. The van der Waals surface area contributed by atoms with Crippen LogP contribution in [0.25, 0.3) is 0 Å². The van der Waals surface area contributed by atoms with Crippen molar-refractivity contribution < 1.29 is 4.42 Å². The van der Waals surface area contributed by atoms with E-state index in [4.69, 9.17) is 4.42 Å². The average molecular weight is 222 g/mol. The van der Waals surface area contributed by atoms with E-state index >= 15 is 0 Å². The van der Waals surface area contributed by atoms with Crippen LogP contribution in [0, 0.1) is 0 Å². The third kappa shape index (κ3) is 3.35. The number of nitrogens with zero attached hydrogens (tertiary/aromatic N) is 1. The first kappa shape index (κ1) is 11.7. The second-order valence-corrected chi connectivity index (χ2v) is 4.69. The molecule has 1 heterocycles. The lowest BCUT2D eigenvalue weighted by molar-refractivity contribution is 0.320. The molecule has 3 nitrogen and oxygen atoms in total. The van der Waals surface area contributed by atoms with E-state index in [-0.39, 0.29) is 0 Å². The van der Waals surface area contributed by atoms with Gasteiger partial charge in [-0.2, -0.15) is 0 Å². The van der Waals surface area contributed by atoms with E-state index in [9.17, 15) is 0 Å². The normalized spacial score (nSPS) is 15.9. The van der Waals surface area contributed by atoms with E-state index in [2.05, 4.69) is 30.3 Å². The van der Waals surface area contributed by atoms with Gasteiger partial charge in [0.25, 0.3) is 0 Å². The number of likely N-dealkylation sites (N-methyl/N-ethyl adjacent to an activating group) is 1. The van der Waals surface area contributed by atoms with Crippen LogP contribution >= 0.6 is 0 Å². The highest BCUT2D eigenvalue weighted by Gasteiger charge is 2.19. The topological polar surface area (TPSA) is 28.4 Å². The summed E-state index contributed by atoms with van der Waals surface area (Å²) in [5.74, 6) is 1.13. The molecule has 1 aliphatic rings. The van der Waals surface area contributed by atoms with Gasteiger partial charge in [-0.25, -0.2) is 0 Å². The quantitative estimate of drug-likeness (QED) is 0.765. The van der Waals surface area contributed by atoms with Crippen molar-refractivity contribution in [2.45, 2.75) is 38.8 Å². The lowest BCUT2D eigenvalue weighted by Crippen LogP contribution is -2.30. The smallest absolute Gasteiger partial charge is 0.107 e. The Labute approximate surface area is 97.8 Å². The van der Waals surface area contributed by atoms with Crippen LogP contribution < -0.4 is 5.32 Å². The van der Waals surface area contributed by atoms with Gasteiger partial charge in [-0.1, -0.05) is 6.92 Å². The van der Waals surface area contributed by atoms with Crippen LogP contribution in [-0.4, -0.2) is 31.1 Å². The summed E-state index contributed by atoms with van der Waals surface area (Å²) in [7, 11) is 2.17. The Morgan fingerprint density at radius 3 is 3.00 bits per heavy atom. The molecule has 0 amide bonds. The summed E-state index contributed by atoms with van der Waals surface area (Å²) in [6, 6.07) is 2.90. The zero-order valence-corrected chi connectivity index (χ0v) is 10.3. The molecule has 1 aromatic rings. The van der Waals surface area contributed by atoms with E-state index in [0.29, 0.717) is 0 Å². The zero-order valence-electron chi connectivity index (χ0n) is 10.3. The van der Waals surface area contributed by atoms with Crippen molar-refractivity contribution >= 4 is 0 Å². The Balaban J connectivity index is 1.70. The monoisotopic (exact) mass is 222 g/mol. The number of rotatable bonds is 7. The van der Waals surface area contributed by atoms with Gasteiger partial charge in [-0.3, -0.25) is 0 Å². The average Bonchev–Trinajstić information content (AvgIpc) is 2.98. The first-order valence-corrected chi connectivity index (χ1v) is 6.26. The molecular weight excluding hydrogens is 200 g/mol. The number of hydrogen-bond acceptors (Lipinski definition) is 3. The molecule has 1 N–H and O–H groups in total. The Kier molecular flexibility index (Phi) is 4.02. The molecule has 0 saturated heterocycles.